The van der Waals surface area contributed by atoms with Gasteiger partial charge in [-0.15, -0.1) is 0 Å². The molecule has 0 fully saturated rings. The van der Waals surface area contributed by atoms with E-state index in [2.05, 4.69) is 26.1 Å². The molecular weight excluding hydrogens is 200 g/mol. The highest BCUT2D eigenvalue weighted by molar-refractivity contribution is 5.08. The van der Waals surface area contributed by atoms with E-state index < -0.39 is 0 Å². The van der Waals surface area contributed by atoms with Gasteiger partial charge in [0.25, 0.3) is 0 Å². The Bertz CT molecular complexity index is 307. The Hall–Kier alpha value is -0.800. The second-order valence-electron chi connectivity index (χ2n) is 4.82. The van der Waals surface area contributed by atoms with E-state index in [1.54, 1.807) is 0 Å². The molecule has 1 aromatic heterocycles. The molecular formula is C13H24N2O. The fourth-order valence-electron chi connectivity index (χ4n) is 1.71. The lowest BCUT2D eigenvalue weighted by atomic mass is 9.96. The van der Waals surface area contributed by atoms with E-state index in [9.17, 15) is 0 Å². The lowest BCUT2D eigenvalue weighted by molar-refractivity contribution is 0.337. The lowest BCUT2D eigenvalue weighted by Gasteiger charge is -2.21. The van der Waals surface area contributed by atoms with Crippen LogP contribution in [0, 0.1) is 18.8 Å². The van der Waals surface area contributed by atoms with E-state index in [0.29, 0.717) is 11.8 Å². The van der Waals surface area contributed by atoms with Gasteiger partial charge in [-0.2, -0.15) is 0 Å². The maximum Gasteiger partial charge on any atom is 0.120 e. The van der Waals surface area contributed by atoms with Gasteiger partial charge in [-0.3, -0.25) is 0 Å². The van der Waals surface area contributed by atoms with Gasteiger partial charge in [-0.05, 0) is 44.4 Å². The number of aryl methyl sites for hydroxylation is 1. The monoisotopic (exact) mass is 224 g/mol. The van der Waals surface area contributed by atoms with Crippen molar-refractivity contribution in [3.05, 3.63) is 23.7 Å². The van der Waals surface area contributed by atoms with Crippen LogP contribution < -0.4 is 11.1 Å². The topological polar surface area (TPSA) is 51.2 Å². The van der Waals surface area contributed by atoms with Crippen molar-refractivity contribution < 1.29 is 4.42 Å². The van der Waals surface area contributed by atoms with Crippen LogP contribution in [-0.4, -0.2) is 13.1 Å². The molecule has 92 valence electrons. The molecule has 0 aliphatic heterocycles. The second-order valence-corrected chi connectivity index (χ2v) is 4.82. The lowest BCUT2D eigenvalue weighted by Crippen LogP contribution is -2.33. The third-order valence-electron chi connectivity index (χ3n) is 3.12. The summed E-state index contributed by atoms with van der Waals surface area (Å²) in [4.78, 5) is 0. The Kier molecular flexibility index (Phi) is 5.03. The average Bonchev–Trinajstić information content (AvgIpc) is 2.65. The first-order valence-corrected chi connectivity index (χ1v) is 6.04. The van der Waals surface area contributed by atoms with E-state index in [-0.39, 0.29) is 6.04 Å². The van der Waals surface area contributed by atoms with Crippen molar-refractivity contribution in [2.45, 2.75) is 33.7 Å². The van der Waals surface area contributed by atoms with Gasteiger partial charge in [0.05, 0.1) is 6.04 Å². The molecule has 0 saturated carbocycles. The normalized spacial score (nSPS) is 15.4. The summed E-state index contributed by atoms with van der Waals surface area (Å²) in [5.41, 5.74) is 5.74. The molecule has 1 rings (SSSR count). The molecule has 0 aliphatic carbocycles. The summed E-state index contributed by atoms with van der Waals surface area (Å²) in [5, 5.41) is 3.47. The zero-order chi connectivity index (χ0) is 12.1. The zero-order valence-corrected chi connectivity index (χ0v) is 10.8. The van der Waals surface area contributed by atoms with E-state index in [1.165, 1.54) is 0 Å². The molecule has 1 aromatic rings. The highest BCUT2D eigenvalue weighted by Gasteiger charge is 2.14. The number of hydrogen-bond acceptors (Lipinski definition) is 3. The smallest absolute Gasteiger partial charge is 0.120 e. The molecule has 2 unspecified atom stereocenters. The van der Waals surface area contributed by atoms with Crippen LogP contribution in [0.1, 0.15) is 38.3 Å². The summed E-state index contributed by atoms with van der Waals surface area (Å²) in [6, 6.07) is 4.28. The van der Waals surface area contributed by atoms with Crippen LogP contribution in [0.4, 0.5) is 0 Å². The molecule has 0 radical (unpaired) electrons. The van der Waals surface area contributed by atoms with Crippen molar-refractivity contribution in [2.75, 3.05) is 13.1 Å². The van der Waals surface area contributed by atoms with Gasteiger partial charge in [-0.1, -0.05) is 13.8 Å². The fraction of sp³-hybridized carbons (Fsp3) is 0.692. The molecule has 3 heteroatoms. The molecule has 0 aliphatic rings. The van der Waals surface area contributed by atoms with E-state index in [0.717, 1.165) is 24.6 Å². The van der Waals surface area contributed by atoms with E-state index in [4.69, 9.17) is 10.2 Å². The molecule has 16 heavy (non-hydrogen) atoms. The van der Waals surface area contributed by atoms with Crippen molar-refractivity contribution in [1.82, 2.24) is 5.32 Å². The standard InChI is InChI=1S/C13H24N2O/c1-9(2)12(7-14)8-15-11(4)13-6-5-10(3)16-13/h5-6,9,11-12,15H,7-8,14H2,1-4H3. The summed E-state index contributed by atoms with van der Waals surface area (Å²) < 4.78 is 5.58. The van der Waals surface area contributed by atoms with Crippen LogP contribution in [0.15, 0.2) is 16.5 Å². The van der Waals surface area contributed by atoms with Crippen molar-refractivity contribution in [3.63, 3.8) is 0 Å². The number of nitrogens with one attached hydrogen (secondary N) is 1. The molecule has 3 nitrogen and oxygen atoms in total. The summed E-state index contributed by atoms with van der Waals surface area (Å²) in [7, 11) is 0. The van der Waals surface area contributed by atoms with Gasteiger partial charge < -0.3 is 15.5 Å². The Morgan fingerprint density at radius 3 is 2.44 bits per heavy atom. The Balaban J connectivity index is 2.43. The third-order valence-corrected chi connectivity index (χ3v) is 3.12. The molecule has 0 aromatic carbocycles. The Labute approximate surface area is 98.4 Å². The highest BCUT2D eigenvalue weighted by Crippen LogP contribution is 2.16. The molecule has 0 saturated heterocycles. The maximum absolute atomic E-state index is 5.74. The quantitative estimate of drug-likeness (QED) is 0.780. The Morgan fingerprint density at radius 1 is 1.31 bits per heavy atom. The summed E-state index contributed by atoms with van der Waals surface area (Å²) >= 11 is 0. The molecule has 0 spiro atoms. The molecule has 0 bridgehead atoms. The van der Waals surface area contributed by atoms with Crippen LogP contribution in [-0.2, 0) is 0 Å². The van der Waals surface area contributed by atoms with Crippen molar-refractivity contribution >= 4 is 0 Å². The first-order valence-electron chi connectivity index (χ1n) is 6.04. The minimum Gasteiger partial charge on any atom is -0.465 e. The molecule has 1 heterocycles. The summed E-state index contributed by atoms with van der Waals surface area (Å²) in [6.07, 6.45) is 0. The number of furan rings is 1. The molecule has 3 N–H and O–H groups in total. The highest BCUT2D eigenvalue weighted by atomic mass is 16.3. The van der Waals surface area contributed by atoms with Crippen molar-refractivity contribution in [1.29, 1.82) is 0 Å². The predicted octanol–water partition coefficient (Wildman–Crippen LogP) is 2.47. The van der Waals surface area contributed by atoms with Crippen molar-refractivity contribution in [2.24, 2.45) is 17.6 Å². The predicted molar refractivity (Wildman–Crippen MR) is 67.2 cm³/mol. The zero-order valence-electron chi connectivity index (χ0n) is 10.8. The van der Waals surface area contributed by atoms with Crippen LogP contribution in [0.25, 0.3) is 0 Å². The van der Waals surface area contributed by atoms with Crippen LogP contribution >= 0.6 is 0 Å². The third kappa shape index (κ3) is 3.65. The molecule has 0 amide bonds. The number of rotatable bonds is 6. The van der Waals surface area contributed by atoms with Crippen LogP contribution in [0.3, 0.4) is 0 Å². The van der Waals surface area contributed by atoms with Crippen LogP contribution in [0.5, 0.6) is 0 Å². The number of hydrogen-bond donors (Lipinski definition) is 2. The van der Waals surface area contributed by atoms with E-state index >= 15 is 0 Å². The fourth-order valence-corrected chi connectivity index (χ4v) is 1.71. The minimum atomic E-state index is 0.251. The van der Waals surface area contributed by atoms with Crippen LogP contribution in [0.2, 0.25) is 0 Å². The van der Waals surface area contributed by atoms with Gasteiger partial charge >= 0.3 is 0 Å². The second kappa shape index (κ2) is 6.06. The largest absolute Gasteiger partial charge is 0.465 e. The van der Waals surface area contributed by atoms with Gasteiger partial charge in [0.1, 0.15) is 11.5 Å². The number of nitrogens with two attached hydrogens (primary N) is 1. The van der Waals surface area contributed by atoms with E-state index in [1.807, 2.05) is 19.1 Å². The molecule has 2 atom stereocenters. The van der Waals surface area contributed by atoms with Gasteiger partial charge in [0.15, 0.2) is 0 Å². The Morgan fingerprint density at radius 2 is 2.00 bits per heavy atom. The maximum atomic E-state index is 5.74. The summed E-state index contributed by atoms with van der Waals surface area (Å²) in [5.74, 6) is 3.10. The van der Waals surface area contributed by atoms with Gasteiger partial charge in [0.2, 0.25) is 0 Å². The first kappa shape index (κ1) is 13.3. The first-order chi connectivity index (χ1) is 7.54. The average molecular weight is 224 g/mol. The summed E-state index contributed by atoms with van der Waals surface area (Å²) in [6.45, 7) is 10.2. The minimum absolute atomic E-state index is 0.251. The SMILES string of the molecule is Cc1ccc(C(C)NCC(CN)C(C)C)o1. The van der Waals surface area contributed by atoms with Gasteiger partial charge in [0, 0.05) is 6.54 Å². The van der Waals surface area contributed by atoms with Crippen molar-refractivity contribution in [3.8, 4) is 0 Å². The van der Waals surface area contributed by atoms with Gasteiger partial charge in [-0.25, -0.2) is 0 Å².